The van der Waals surface area contributed by atoms with Crippen molar-refractivity contribution in [2.24, 2.45) is 5.92 Å². The Labute approximate surface area is 95.6 Å². The summed E-state index contributed by atoms with van der Waals surface area (Å²) < 4.78 is 0. The van der Waals surface area contributed by atoms with Gasteiger partial charge >= 0.3 is 0 Å². The van der Waals surface area contributed by atoms with Gasteiger partial charge in [-0.1, -0.05) is 6.92 Å². The van der Waals surface area contributed by atoms with Crippen LogP contribution in [-0.2, 0) is 9.59 Å². The predicted octanol–water partition coefficient (Wildman–Crippen LogP) is 0.227. The zero-order valence-corrected chi connectivity index (χ0v) is 9.77. The molecule has 1 fully saturated rings. The second-order valence-corrected chi connectivity index (χ2v) is 4.02. The van der Waals surface area contributed by atoms with Crippen LogP contribution in [0.25, 0.3) is 0 Å². The Morgan fingerprint density at radius 2 is 2.25 bits per heavy atom. The molecule has 1 atom stereocenters. The number of rotatable bonds is 2. The lowest BCUT2D eigenvalue weighted by atomic mass is 10.1. The van der Waals surface area contributed by atoms with Gasteiger partial charge in [0.15, 0.2) is 0 Å². The molecule has 0 saturated carbocycles. The second-order valence-electron chi connectivity index (χ2n) is 4.02. The Kier molecular flexibility index (Phi) is 4.29. The van der Waals surface area contributed by atoms with Crippen LogP contribution in [0.15, 0.2) is 0 Å². The molecule has 0 spiro atoms. The van der Waals surface area contributed by atoms with Gasteiger partial charge in [-0.15, -0.1) is 0 Å². The molecule has 0 radical (unpaired) electrons. The first-order chi connectivity index (χ1) is 7.60. The van der Waals surface area contributed by atoms with Crippen LogP contribution < -0.4 is 0 Å². The second kappa shape index (κ2) is 5.50. The molecule has 5 nitrogen and oxygen atoms in total. The third-order valence-electron chi connectivity index (χ3n) is 2.85. The van der Waals surface area contributed by atoms with E-state index in [0.717, 1.165) is 6.42 Å². The smallest absolute Gasteiger partial charge is 0.241 e. The van der Waals surface area contributed by atoms with Crippen molar-refractivity contribution in [2.45, 2.75) is 19.8 Å². The van der Waals surface area contributed by atoms with Gasteiger partial charge in [-0.25, -0.2) is 0 Å². The van der Waals surface area contributed by atoms with Crippen LogP contribution in [0, 0.1) is 17.2 Å². The van der Waals surface area contributed by atoms with Crippen LogP contribution in [0.3, 0.4) is 0 Å². The highest BCUT2D eigenvalue weighted by Crippen LogP contribution is 2.10. The Morgan fingerprint density at radius 3 is 2.81 bits per heavy atom. The van der Waals surface area contributed by atoms with Crippen LogP contribution in [-0.4, -0.2) is 48.3 Å². The summed E-state index contributed by atoms with van der Waals surface area (Å²) in [5.74, 6) is -0.886. The minimum absolute atomic E-state index is 0.0568. The summed E-state index contributed by atoms with van der Waals surface area (Å²) in [7, 11) is 1.73. The summed E-state index contributed by atoms with van der Waals surface area (Å²) in [4.78, 5) is 26.6. The van der Waals surface area contributed by atoms with E-state index in [9.17, 15) is 9.59 Å². The first-order valence-corrected chi connectivity index (χ1v) is 5.52. The summed E-state index contributed by atoms with van der Waals surface area (Å²) in [5.41, 5.74) is 0. The van der Waals surface area contributed by atoms with Gasteiger partial charge in [0.2, 0.25) is 11.8 Å². The molecule has 1 rings (SSSR count). The number of hydrogen-bond acceptors (Lipinski definition) is 3. The Hall–Kier alpha value is -1.57. The SMILES string of the molecule is CCC(C#N)C(=O)N1CCCN(C)C(=O)C1. The fourth-order valence-electron chi connectivity index (χ4n) is 1.72. The van der Waals surface area contributed by atoms with E-state index in [2.05, 4.69) is 0 Å². The molecular formula is C11H17N3O2. The van der Waals surface area contributed by atoms with Gasteiger partial charge in [-0.2, -0.15) is 5.26 Å². The minimum Gasteiger partial charge on any atom is -0.344 e. The minimum atomic E-state index is -0.615. The van der Waals surface area contributed by atoms with Gasteiger partial charge in [0.1, 0.15) is 5.92 Å². The molecule has 0 N–H and O–H groups in total. The number of amides is 2. The molecule has 1 saturated heterocycles. The van der Waals surface area contributed by atoms with Crippen LogP contribution >= 0.6 is 0 Å². The standard InChI is InChI=1S/C11H17N3O2/c1-3-9(7-12)11(16)14-6-4-5-13(2)10(15)8-14/h9H,3-6,8H2,1-2H3. The van der Waals surface area contributed by atoms with Crippen LogP contribution in [0.4, 0.5) is 0 Å². The molecule has 0 aliphatic carbocycles. The normalized spacial score (nSPS) is 18.9. The summed E-state index contributed by atoms with van der Waals surface area (Å²) in [6, 6.07) is 1.98. The van der Waals surface area contributed by atoms with Crippen molar-refractivity contribution in [3.05, 3.63) is 0 Å². The van der Waals surface area contributed by atoms with Gasteiger partial charge in [0, 0.05) is 20.1 Å². The average molecular weight is 223 g/mol. The van der Waals surface area contributed by atoms with Crippen molar-refractivity contribution >= 4 is 11.8 Å². The topological polar surface area (TPSA) is 64.4 Å². The molecule has 1 aliphatic rings. The van der Waals surface area contributed by atoms with E-state index in [1.165, 1.54) is 4.90 Å². The van der Waals surface area contributed by atoms with Crippen LogP contribution in [0.1, 0.15) is 19.8 Å². The molecule has 0 bridgehead atoms. The van der Waals surface area contributed by atoms with E-state index in [0.29, 0.717) is 19.5 Å². The van der Waals surface area contributed by atoms with Gasteiger partial charge in [-0.05, 0) is 12.8 Å². The summed E-state index contributed by atoms with van der Waals surface area (Å²) >= 11 is 0. The number of carbonyl (C=O) groups is 2. The fourth-order valence-corrected chi connectivity index (χ4v) is 1.72. The molecule has 2 amide bonds. The van der Waals surface area contributed by atoms with Crippen molar-refractivity contribution in [3.63, 3.8) is 0 Å². The molecule has 5 heteroatoms. The molecular weight excluding hydrogens is 206 g/mol. The van der Waals surface area contributed by atoms with E-state index in [1.807, 2.05) is 6.07 Å². The maximum absolute atomic E-state index is 11.9. The highest BCUT2D eigenvalue weighted by atomic mass is 16.2. The highest BCUT2D eigenvalue weighted by molar-refractivity contribution is 5.87. The number of likely N-dealkylation sites (N-methyl/N-ethyl adjacent to an activating group) is 1. The molecule has 88 valence electrons. The Morgan fingerprint density at radius 1 is 1.56 bits per heavy atom. The first-order valence-electron chi connectivity index (χ1n) is 5.52. The lowest BCUT2D eigenvalue weighted by Gasteiger charge is -2.21. The monoisotopic (exact) mass is 223 g/mol. The predicted molar refractivity (Wildman–Crippen MR) is 58.2 cm³/mol. The third-order valence-corrected chi connectivity index (χ3v) is 2.85. The average Bonchev–Trinajstić information content (AvgIpc) is 2.43. The Bertz CT molecular complexity index is 322. The lowest BCUT2D eigenvalue weighted by Crippen LogP contribution is -2.40. The first kappa shape index (κ1) is 12.5. The molecule has 1 aliphatic heterocycles. The summed E-state index contributed by atoms with van der Waals surface area (Å²) in [6.45, 7) is 3.14. The quantitative estimate of drug-likeness (QED) is 0.673. The van der Waals surface area contributed by atoms with Gasteiger partial charge < -0.3 is 9.80 Å². The van der Waals surface area contributed by atoms with Gasteiger partial charge in [-0.3, -0.25) is 9.59 Å². The van der Waals surface area contributed by atoms with Gasteiger partial charge in [0.25, 0.3) is 0 Å². The van der Waals surface area contributed by atoms with E-state index in [4.69, 9.17) is 5.26 Å². The zero-order valence-electron chi connectivity index (χ0n) is 9.77. The lowest BCUT2D eigenvalue weighted by molar-refractivity contribution is -0.139. The molecule has 0 aromatic heterocycles. The maximum Gasteiger partial charge on any atom is 0.241 e. The van der Waals surface area contributed by atoms with E-state index >= 15 is 0 Å². The largest absolute Gasteiger partial charge is 0.344 e. The number of nitriles is 1. The molecule has 0 aromatic carbocycles. The van der Waals surface area contributed by atoms with Crippen molar-refractivity contribution in [1.82, 2.24) is 9.80 Å². The van der Waals surface area contributed by atoms with Crippen LogP contribution in [0.5, 0.6) is 0 Å². The Balaban J connectivity index is 2.70. The fraction of sp³-hybridized carbons (Fsp3) is 0.727. The maximum atomic E-state index is 11.9. The van der Waals surface area contributed by atoms with Crippen molar-refractivity contribution < 1.29 is 9.59 Å². The number of hydrogen-bond donors (Lipinski definition) is 0. The summed E-state index contributed by atoms with van der Waals surface area (Å²) in [5, 5.41) is 8.82. The highest BCUT2D eigenvalue weighted by Gasteiger charge is 2.27. The van der Waals surface area contributed by atoms with Gasteiger partial charge in [0.05, 0.1) is 12.6 Å². The summed E-state index contributed by atoms with van der Waals surface area (Å²) in [6.07, 6.45) is 1.27. The van der Waals surface area contributed by atoms with E-state index in [-0.39, 0.29) is 18.4 Å². The van der Waals surface area contributed by atoms with E-state index in [1.54, 1.807) is 18.9 Å². The third kappa shape index (κ3) is 2.72. The molecule has 16 heavy (non-hydrogen) atoms. The van der Waals surface area contributed by atoms with Crippen molar-refractivity contribution in [2.75, 3.05) is 26.7 Å². The molecule has 1 unspecified atom stereocenters. The molecule has 0 aromatic rings. The van der Waals surface area contributed by atoms with Crippen molar-refractivity contribution in [3.8, 4) is 6.07 Å². The van der Waals surface area contributed by atoms with Crippen molar-refractivity contribution in [1.29, 1.82) is 5.26 Å². The zero-order chi connectivity index (χ0) is 12.1. The number of carbonyl (C=O) groups excluding carboxylic acids is 2. The number of nitrogens with zero attached hydrogens (tertiary/aromatic N) is 3. The van der Waals surface area contributed by atoms with E-state index < -0.39 is 5.92 Å². The van der Waals surface area contributed by atoms with Crippen LogP contribution in [0.2, 0.25) is 0 Å². The molecule has 1 heterocycles.